The molecule has 0 saturated carbocycles. The fourth-order valence-electron chi connectivity index (χ4n) is 1.86. The zero-order valence-corrected chi connectivity index (χ0v) is 12.7. The second-order valence-corrected chi connectivity index (χ2v) is 5.48. The Morgan fingerprint density at radius 3 is 2.90 bits per heavy atom. The molecule has 0 spiro atoms. The van der Waals surface area contributed by atoms with Crippen LogP contribution in [0.15, 0.2) is 63.7 Å². The molecule has 1 aliphatic carbocycles. The molecule has 4 heteroatoms. The van der Waals surface area contributed by atoms with Crippen molar-refractivity contribution < 1.29 is 0 Å². The lowest BCUT2D eigenvalue weighted by Gasteiger charge is -2.04. The second kappa shape index (κ2) is 6.78. The largest absolute Gasteiger partial charge is 0.384 e. The lowest BCUT2D eigenvalue weighted by Crippen LogP contribution is -2.15. The van der Waals surface area contributed by atoms with Crippen molar-refractivity contribution in [1.82, 2.24) is 0 Å². The molecule has 0 amide bonds. The number of hydrogen-bond donors (Lipinski definition) is 1. The average Bonchev–Trinajstić information content (AvgIpc) is 2.59. The van der Waals surface area contributed by atoms with Crippen LogP contribution in [0.1, 0.15) is 18.9 Å². The number of hydrogen-bond acceptors (Lipinski definition) is 1. The first-order chi connectivity index (χ1) is 9.56. The van der Waals surface area contributed by atoms with E-state index in [4.69, 9.17) is 28.9 Å². The minimum absolute atomic E-state index is 0.508. The third-order valence-corrected chi connectivity index (χ3v) is 3.68. The van der Waals surface area contributed by atoms with Gasteiger partial charge in [0.25, 0.3) is 0 Å². The molecule has 0 fully saturated rings. The van der Waals surface area contributed by atoms with Gasteiger partial charge in [0.05, 0.1) is 6.54 Å². The summed E-state index contributed by atoms with van der Waals surface area (Å²) in [4.78, 5) is 4.41. The first-order valence-corrected chi connectivity index (χ1v) is 7.10. The Labute approximate surface area is 129 Å². The number of allylic oxidation sites excluding steroid dienone is 5. The van der Waals surface area contributed by atoms with Gasteiger partial charge in [0.2, 0.25) is 0 Å². The average molecular weight is 307 g/mol. The Kier molecular flexibility index (Phi) is 5.05. The third kappa shape index (κ3) is 3.99. The van der Waals surface area contributed by atoms with E-state index in [1.165, 1.54) is 0 Å². The molecule has 0 radical (unpaired) electrons. The van der Waals surface area contributed by atoms with Crippen molar-refractivity contribution in [3.63, 3.8) is 0 Å². The number of halogens is 2. The SMILES string of the molecule is CC1=C(Cl)C=C(C(N)=NCc2cccc(Cl)c2)CC=C1. The normalized spacial score (nSPS) is 16.1. The molecule has 0 saturated heterocycles. The zero-order chi connectivity index (χ0) is 14.5. The second-order valence-electron chi connectivity index (χ2n) is 4.64. The molecule has 0 atom stereocenters. The van der Waals surface area contributed by atoms with Crippen LogP contribution in [0.2, 0.25) is 5.02 Å². The predicted octanol–water partition coefficient (Wildman–Crippen LogP) is 4.60. The van der Waals surface area contributed by atoms with Gasteiger partial charge in [0.15, 0.2) is 0 Å². The van der Waals surface area contributed by atoms with Crippen molar-refractivity contribution in [1.29, 1.82) is 0 Å². The van der Waals surface area contributed by atoms with Crippen LogP contribution in [0.5, 0.6) is 0 Å². The quantitative estimate of drug-likeness (QED) is 0.643. The van der Waals surface area contributed by atoms with Crippen molar-refractivity contribution in [2.75, 3.05) is 0 Å². The van der Waals surface area contributed by atoms with E-state index >= 15 is 0 Å². The number of rotatable bonds is 3. The van der Waals surface area contributed by atoms with E-state index in [0.717, 1.165) is 23.1 Å². The predicted molar refractivity (Wildman–Crippen MR) is 87.2 cm³/mol. The van der Waals surface area contributed by atoms with Crippen LogP contribution in [0.3, 0.4) is 0 Å². The van der Waals surface area contributed by atoms with Crippen molar-refractivity contribution in [3.8, 4) is 0 Å². The minimum Gasteiger partial charge on any atom is -0.384 e. The van der Waals surface area contributed by atoms with E-state index in [9.17, 15) is 0 Å². The number of nitrogens with zero attached hydrogens (tertiary/aromatic N) is 1. The molecule has 0 unspecified atom stereocenters. The van der Waals surface area contributed by atoms with Gasteiger partial charge in [0.1, 0.15) is 5.84 Å². The van der Waals surface area contributed by atoms with Crippen molar-refractivity contribution in [2.45, 2.75) is 19.9 Å². The summed E-state index contributed by atoms with van der Waals surface area (Å²) in [5, 5.41) is 1.41. The highest BCUT2D eigenvalue weighted by Crippen LogP contribution is 2.20. The molecule has 1 aromatic carbocycles. The highest BCUT2D eigenvalue weighted by atomic mass is 35.5. The molecule has 104 valence electrons. The van der Waals surface area contributed by atoms with Crippen LogP contribution < -0.4 is 5.73 Å². The molecule has 0 bridgehead atoms. The maximum Gasteiger partial charge on any atom is 0.122 e. The van der Waals surface area contributed by atoms with E-state index in [1.54, 1.807) is 0 Å². The Morgan fingerprint density at radius 2 is 2.15 bits per heavy atom. The monoisotopic (exact) mass is 306 g/mol. The minimum atomic E-state index is 0.508. The maximum absolute atomic E-state index is 6.17. The third-order valence-electron chi connectivity index (χ3n) is 3.03. The summed E-state index contributed by atoms with van der Waals surface area (Å²) in [6, 6.07) is 7.60. The van der Waals surface area contributed by atoms with Crippen molar-refractivity contribution in [3.05, 3.63) is 69.3 Å². The van der Waals surface area contributed by atoms with Gasteiger partial charge in [-0.1, -0.05) is 47.5 Å². The van der Waals surface area contributed by atoms with Crippen LogP contribution in [0.25, 0.3) is 0 Å². The highest BCUT2D eigenvalue weighted by Gasteiger charge is 2.06. The molecule has 2 nitrogen and oxygen atoms in total. The molecule has 2 rings (SSSR count). The number of amidine groups is 1. The molecule has 1 aliphatic rings. The van der Waals surface area contributed by atoms with Gasteiger partial charge < -0.3 is 5.73 Å². The summed E-state index contributed by atoms with van der Waals surface area (Å²) in [6.45, 7) is 2.48. The smallest absolute Gasteiger partial charge is 0.122 e. The zero-order valence-electron chi connectivity index (χ0n) is 11.2. The molecular formula is C16H16Cl2N2. The van der Waals surface area contributed by atoms with Crippen molar-refractivity contribution >= 4 is 29.0 Å². The lowest BCUT2D eigenvalue weighted by molar-refractivity contribution is 1.05. The maximum atomic E-state index is 6.17. The fourth-order valence-corrected chi connectivity index (χ4v) is 2.27. The summed E-state index contributed by atoms with van der Waals surface area (Å²) in [5.74, 6) is 0.516. The standard InChI is InChI=1S/C16H16Cl2N2/c1-11-4-2-6-13(9-15(11)18)16(19)20-10-12-5-3-7-14(17)8-12/h2-5,7-9H,6,10H2,1H3,(H2,19,20). The molecular weight excluding hydrogens is 291 g/mol. The van der Waals surface area contributed by atoms with E-state index in [-0.39, 0.29) is 0 Å². The van der Waals surface area contributed by atoms with Crippen molar-refractivity contribution in [2.24, 2.45) is 10.7 Å². The van der Waals surface area contributed by atoms with Gasteiger partial charge in [-0.3, -0.25) is 4.99 Å². The van der Waals surface area contributed by atoms with Crippen LogP contribution in [-0.4, -0.2) is 5.84 Å². The van der Waals surface area contributed by atoms with Gasteiger partial charge in [0, 0.05) is 10.1 Å². The van der Waals surface area contributed by atoms with Gasteiger partial charge in [-0.25, -0.2) is 0 Å². The van der Waals surface area contributed by atoms with Crippen LogP contribution >= 0.6 is 23.2 Å². The Morgan fingerprint density at radius 1 is 1.35 bits per heavy atom. The molecule has 0 heterocycles. The van der Waals surface area contributed by atoms with E-state index in [1.807, 2.05) is 49.4 Å². The molecule has 2 N–H and O–H groups in total. The topological polar surface area (TPSA) is 38.4 Å². The van der Waals surface area contributed by atoms with Gasteiger partial charge in [-0.05, 0) is 48.3 Å². The highest BCUT2D eigenvalue weighted by molar-refractivity contribution is 6.32. The first-order valence-electron chi connectivity index (χ1n) is 6.34. The number of aliphatic imine (C=N–C) groups is 1. The van der Waals surface area contributed by atoms with Gasteiger partial charge >= 0.3 is 0 Å². The van der Waals surface area contributed by atoms with Crippen LogP contribution in [0, 0.1) is 0 Å². The fraction of sp³-hybridized carbons (Fsp3) is 0.188. The number of benzene rings is 1. The number of nitrogens with two attached hydrogens (primary N) is 1. The summed E-state index contributed by atoms with van der Waals surface area (Å²) in [5.41, 5.74) is 9.04. The van der Waals surface area contributed by atoms with E-state index in [2.05, 4.69) is 4.99 Å². The molecule has 20 heavy (non-hydrogen) atoms. The Hall–Kier alpha value is -1.51. The Bertz CT molecular complexity index is 625. The van der Waals surface area contributed by atoms with E-state index < -0.39 is 0 Å². The van der Waals surface area contributed by atoms with Gasteiger partial charge in [-0.15, -0.1) is 0 Å². The molecule has 0 aromatic heterocycles. The summed E-state index contributed by atoms with van der Waals surface area (Å²) < 4.78 is 0. The summed E-state index contributed by atoms with van der Waals surface area (Å²) in [6.07, 6.45) is 6.65. The summed E-state index contributed by atoms with van der Waals surface area (Å²) >= 11 is 12.1. The van der Waals surface area contributed by atoms with Crippen LogP contribution in [0.4, 0.5) is 0 Å². The molecule has 1 aromatic rings. The van der Waals surface area contributed by atoms with Gasteiger partial charge in [-0.2, -0.15) is 0 Å². The molecule has 0 aliphatic heterocycles. The lowest BCUT2D eigenvalue weighted by atomic mass is 10.1. The Balaban J connectivity index is 2.15. The first kappa shape index (κ1) is 14.9. The van der Waals surface area contributed by atoms with E-state index in [0.29, 0.717) is 22.4 Å². The summed E-state index contributed by atoms with van der Waals surface area (Å²) in [7, 11) is 0. The van der Waals surface area contributed by atoms with Crippen LogP contribution in [-0.2, 0) is 6.54 Å².